The number of likely N-dealkylation sites (N-methyl/N-ethyl adjacent to an activating group) is 2. The standard InChI is InChI=1S/C17H29N5O2/c1-19-7-9-21(10-8-19)16(23)12-3-4-13-15(11-12)20(2)17(24)14-5-6-18-22(13)14/h12-15,18H,3-11H2,1-2H3. The predicted molar refractivity (Wildman–Crippen MR) is 90.0 cm³/mol. The van der Waals surface area contributed by atoms with Crippen molar-refractivity contribution in [3.8, 4) is 0 Å². The molecule has 0 aromatic carbocycles. The molecule has 7 nitrogen and oxygen atoms in total. The Bertz CT molecular complexity index is 519. The molecule has 0 spiro atoms. The molecule has 24 heavy (non-hydrogen) atoms. The highest BCUT2D eigenvalue weighted by Crippen LogP contribution is 2.37. The van der Waals surface area contributed by atoms with Crippen LogP contribution in [0.2, 0.25) is 0 Å². The Labute approximate surface area is 143 Å². The minimum Gasteiger partial charge on any atom is -0.340 e. The summed E-state index contributed by atoms with van der Waals surface area (Å²) in [5, 5.41) is 2.20. The van der Waals surface area contributed by atoms with Gasteiger partial charge in [-0.15, -0.1) is 0 Å². The first-order valence-electron chi connectivity index (χ1n) is 9.32. The smallest absolute Gasteiger partial charge is 0.241 e. The molecule has 7 heteroatoms. The van der Waals surface area contributed by atoms with Gasteiger partial charge in [-0.3, -0.25) is 15.0 Å². The van der Waals surface area contributed by atoms with Gasteiger partial charge in [0.1, 0.15) is 6.04 Å². The van der Waals surface area contributed by atoms with E-state index in [0.29, 0.717) is 11.9 Å². The lowest BCUT2D eigenvalue weighted by molar-refractivity contribution is -0.155. The molecule has 3 saturated heterocycles. The second kappa shape index (κ2) is 6.28. The van der Waals surface area contributed by atoms with Crippen LogP contribution in [0.15, 0.2) is 0 Å². The van der Waals surface area contributed by atoms with Gasteiger partial charge in [0.05, 0.1) is 0 Å². The number of piperazine rings is 2. The Morgan fingerprint density at radius 2 is 1.79 bits per heavy atom. The Kier molecular flexibility index (Phi) is 4.26. The number of rotatable bonds is 1. The molecular weight excluding hydrogens is 306 g/mol. The van der Waals surface area contributed by atoms with Crippen LogP contribution in [0.1, 0.15) is 25.7 Å². The Hall–Kier alpha value is -1.18. The molecule has 0 bridgehead atoms. The maximum absolute atomic E-state index is 12.9. The number of fused-ring (bicyclic) bond motifs is 3. The third-order valence-electron chi connectivity index (χ3n) is 6.48. The van der Waals surface area contributed by atoms with Gasteiger partial charge in [0.15, 0.2) is 0 Å². The molecule has 1 aliphatic carbocycles. The lowest BCUT2D eigenvalue weighted by Gasteiger charge is -2.51. The molecular formula is C17H29N5O2. The van der Waals surface area contributed by atoms with Crippen molar-refractivity contribution in [2.45, 2.75) is 43.8 Å². The summed E-state index contributed by atoms with van der Waals surface area (Å²) in [5.74, 6) is 0.594. The molecule has 4 aliphatic rings. The van der Waals surface area contributed by atoms with Crippen molar-refractivity contribution < 1.29 is 9.59 Å². The lowest BCUT2D eigenvalue weighted by atomic mass is 9.78. The molecule has 3 aliphatic heterocycles. The van der Waals surface area contributed by atoms with Crippen molar-refractivity contribution in [1.29, 1.82) is 0 Å². The molecule has 134 valence electrons. The van der Waals surface area contributed by atoms with E-state index in [1.165, 1.54) is 0 Å². The molecule has 0 aromatic heterocycles. The van der Waals surface area contributed by atoms with Crippen LogP contribution in [0.4, 0.5) is 0 Å². The molecule has 4 unspecified atom stereocenters. The summed E-state index contributed by atoms with van der Waals surface area (Å²) >= 11 is 0. The molecule has 0 radical (unpaired) electrons. The zero-order valence-electron chi connectivity index (χ0n) is 14.8. The third kappa shape index (κ3) is 2.62. The fourth-order valence-corrected chi connectivity index (χ4v) is 4.95. The molecule has 2 amide bonds. The van der Waals surface area contributed by atoms with Crippen LogP contribution in [0, 0.1) is 5.92 Å². The summed E-state index contributed by atoms with van der Waals surface area (Å²) < 4.78 is 0. The molecule has 1 saturated carbocycles. The largest absolute Gasteiger partial charge is 0.340 e. The topological polar surface area (TPSA) is 59.1 Å². The zero-order valence-corrected chi connectivity index (χ0v) is 14.8. The van der Waals surface area contributed by atoms with Gasteiger partial charge in [-0.1, -0.05) is 0 Å². The number of nitrogens with zero attached hydrogens (tertiary/aromatic N) is 4. The minimum atomic E-state index is 0.00105. The van der Waals surface area contributed by atoms with Crippen molar-refractivity contribution in [3.05, 3.63) is 0 Å². The summed E-state index contributed by atoms with van der Waals surface area (Å²) in [5.41, 5.74) is 3.41. The van der Waals surface area contributed by atoms with Crippen molar-refractivity contribution in [1.82, 2.24) is 25.1 Å². The molecule has 3 heterocycles. The molecule has 4 fully saturated rings. The number of hydrazine groups is 1. The second-order valence-corrected chi connectivity index (χ2v) is 7.84. The van der Waals surface area contributed by atoms with E-state index < -0.39 is 0 Å². The quantitative estimate of drug-likeness (QED) is 0.690. The first-order valence-corrected chi connectivity index (χ1v) is 9.32. The van der Waals surface area contributed by atoms with E-state index in [-0.39, 0.29) is 23.9 Å². The van der Waals surface area contributed by atoms with Gasteiger partial charge in [0, 0.05) is 57.8 Å². The van der Waals surface area contributed by atoms with Crippen LogP contribution in [-0.4, -0.2) is 96.5 Å². The summed E-state index contributed by atoms with van der Waals surface area (Å²) in [7, 11) is 4.04. The number of carbonyl (C=O) groups excluding carboxylic acids is 2. The Morgan fingerprint density at radius 1 is 1.04 bits per heavy atom. The average molecular weight is 335 g/mol. The molecule has 4 rings (SSSR count). The van der Waals surface area contributed by atoms with Gasteiger partial charge in [0.25, 0.3) is 0 Å². The van der Waals surface area contributed by atoms with Crippen LogP contribution in [0.25, 0.3) is 0 Å². The molecule has 4 atom stereocenters. The van der Waals surface area contributed by atoms with Crippen molar-refractivity contribution in [2.75, 3.05) is 46.8 Å². The highest BCUT2D eigenvalue weighted by Gasteiger charge is 2.50. The SMILES string of the molecule is CN1CCN(C(=O)C2CCC3C(C2)N(C)C(=O)C2CCNN23)CC1. The van der Waals surface area contributed by atoms with Gasteiger partial charge >= 0.3 is 0 Å². The van der Waals surface area contributed by atoms with E-state index in [2.05, 4.69) is 22.4 Å². The fraction of sp³-hybridized carbons (Fsp3) is 0.882. The Balaban J connectivity index is 1.45. The zero-order chi connectivity index (χ0) is 16.8. The normalized spacial score (nSPS) is 38.2. The van der Waals surface area contributed by atoms with Crippen LogP contribution in [-0.2, 0) is 9.59 Å². The summed E-state index contributed by atoms with van der Waals surface area (Å²) in [6.07, 6.45) is 3.65. The van der Waals surface area contributed by atoms with E-state index in [1.807, 2.05) is 16.8 Å². The predicted octanol–water partition coefficient (Wildman–Crippen LogP) is -0.651. The number of hydrogen-bond donors (Lipinski definition) is 1. The first-order chi connectivity index (χ1) is 11.6. The lowest BCUT2D eigenvalue weighted by Crippen LogP contribution is -2.67. The summed E-state index contributed by atoms with van der Waals surface area (Å²) in [6, 6.07) is 0.521. The molecule has 0 aromatic rings. The number of amides is 2. The van der Waals surface area contributed by atoms with E-state index >= 15 is 0 Å². The van der Waals surface area contributed by atoms with E-state index in [4.69, 9.17) is 0 Å². The number of hydrogen-bond acceptors (Lipinski definition) is 5. The van der Waals surface area contributed by atoms with Crippen LogP contribution < -0.4 is 5.43 Å². The molecule has 1 N–H and O–H groups in total. The fourth-order valence-electron chi connectivity index (χ4n) is 4.95. The van der Waals surface area contributed by atoms with Gasteiger partial charge in [-0.2, -0.15) is 0 Å². The third-order valence-corrected chi connectivity index (χ3v) is 6.48. The highest BCUT2D eigenvalue weighted by molar-refractivity contribution is 5.84. The van der Waals surface area contributed by atoms with Crippen molar-refractivity contribution >= 4 is 11.8 Å². The second-order valence-electron chi connectivity index (χ2n) is 7.84. The number of carbonyl (C=O) groups is 2. The van der Waals surface area contributed by atoms with Crippen molar-refractivity contribution in [2.24, 2.45) is 5.92 Å². The van der Waals surface area contributed by atoms with Crippen LogP contribution in [0.5, 0.6) is 0 Å². The highest BCUT2D eigenvalue weighted by atomic mass is 16.2. The summed E-state index contributed by atoms with van der Waals surface area (Å²) in [4.78, 5) is 31.8. The average Bonchev–Trinajstić information content (AvgIpc) is 3.09. The van der Waals surface area contributed by atoms with Gasteiger partial charge in [0.2, 0.25) is 11.8 Å². The Morgan fingerprint density at radius 3 is 2.54 bits per heavy atom. The monoisotopic (exact) mass is 335 g/mol. The minimum absolute atomic E-state index is 0.00105. The van der Waals surface area contributed by atoms with Crippen LogP contribution in [0.3, 0.4) is 0 Å². The summed E-state index contributed by atoms with van der Waals surface area (Å²) in [6.45, 7) is 4.48. The van der Waals surface area contributed by atoms with E-state index in [9.17, 15) is 9.59 Å². The van der Waals surface area contributed by atoms with E-state index in [1.54, 1.807) is 0 Å². The maximum Gasteiger partial charge on any atom is 0.241 e. The van der Waals surface area contributed by atoms with Gasteiger partial charge in [-0.05, 0) is 32.7 Å². The maximum atomic E-state index is 12.9. The van der Waals surface area contributed by atoms with Crippen molar-refractivity contribution in [3.63, 3.8) is 0 Å². The van der Waals surface area contributed by atoms with Gasteiger partial charge < -0.3 is 14.7 Å². The number of nitrogens with one attached hydrogen (secondary N) is 1. The van der Waals surface area contributed by atoms with E-state index in [0.717, 1.165) is 58.4 Å². The van der Waals surface area contributed by atoms with Gasteiger partial charge in [-0.25, -0.2) is 5.01 Å². The van der Waals surface area contributed by atoms with Crippen LogP contribution >= 0.6 is 0 Å². The first kappa shape index (κ1) is 16.3.